The van der Waals surface area contributed by atoms with E-state index in [0.29, 0.717) is 23.1 Å². The lowest BCUT2D eigenvalue weighted by Gasteiger charge is -2.22. The Bertz CT molecular complexity index is 543. The first kappa shape index (κ1) is 18.3. The van der Waals surface area contributed by atoms with Gasteiger partial charge < -0.3 is 15.2 Å². The monoisotopic (exact) mass is 327 g/mol. The standard InChI is InChI=1S/C16H22ClNO4/c1-4-7-22-13-6-5-11(17)8-12(13)18-14(19)9-16(2,3)10-15(20)21/h5-6,8H,4,7,9-10H2,1-3H3,(H,18,19)(H,20,21). The fourth-order valence-electron chi connectivity index (χ4n) is 2.04. The van der Waals surface area contributed by atoms with Crippen LogP contribution in [-0.4, -0.2) is 23.6 Å². The lowest BCUT2D eigenvalue weighted by Crippen LogP contribution is -2.25. The summed E-state index contributed by atoms with van der Waals surface area (Å²) in [7, 11) is 0. The van der Waals surface area contributed by atoms with Gasteiger partial charge >= 0.3 is 5.97 Å². The van der Waals surface area contributed by atoms with Crippen LogP contribution in [0, 0.1) is 5.41 Å². The average Bonchev–Trinajstić information content (AvgIpc) is 2.35. The molecule has 22 heavy (non-hydrogen) atoms. The van der Waals surface area contributed by atoms with Crippen LogP contribution in [0.25, 0.3) is 0 Å². The zero-order chi connectivity index (χ0) is 16.8. The van der Waals surface area contributed by atoms with E-state index >= 15 is 0 Å². The highest BCUT2D eigenvalue weighted by atomic mass is 35.5. The summed E-state index contributed by atoms with van der Waals surface area (Å²) < 4.78 is 5.57. The van der Waals surface area contributed by atoms with Crippen molar-refractivity contribution in [1.82, 2.24) is 0 Å². The molecule has 0 bridgehead atoms. The van der Waals surface area contributed by atoms with Gasteiger partial charge in [0, 0.05) is 11.4 Å². The summed E-state index contributed by atoms with van der Waals surface area (Å²) in [6.07, 6.45) is 0.871. The largest absolute Gasteiger partial charge is 0.491 e. The molecule has 1 aromatic carbocycles. The molecule has 0 aliphatic heterocycles. The summed E-state index contributed by atoms with van der Waals surface area (Å²) in [5, 5.41) is 12.1. The number of halogens is 1. The number of benzene rings is 1. The fraction of sp³-hybridized carbons (Fsp3) is 0.500. The Labute approximate surface area is 135 Å². The number of hydrogen-bond donors (Lipinski definition) is 2. The second kappa shape index (κ2) is 8.03. The number of hydrogen-bond acceptors (Lipinski definition) is 3. The topological polar surface area (TPSA) is 75.6 Å². The van der Waals surface area contributed by atoms with Crippen LogP contribution in [0.3, 0.4) is 0 Å². The van der Waals surface area contributed by atoms with Gasteiger partial charge in [0.1, 0.15) is 5.75 Å². The Balaban J connectivity index is 2.78. The van der Waals surface area contributed by atoms with Gasteiger partial charge in [-0.2, -0.15) is 0 Å². The number of ether oxygens (including phenoxy) is 1. The lowest BCUT2D eigenvalue weighted by molar-refractivity contribution is -0.139. The van der Waals surface area contributed by atoms with Gasteiger partial charge in [0.2, 0.25) is 5.91 Å². The molecule has 0 spiro atoms. The maximum atomic E-state index is 12.1. The second-order valence-electron chi connectivity index (χ2n) is 5.95. The zero-order valence-electron chi connectivity index (χ0n) is 13.1. The van der Waals surface area contributed by atoms with Gasteiger partial charge in [-0.3, -0.25) is 9.59 Å². The summed E-state index contributed by atoms with van der Waals surface area (Å²) >= 11 is 5.95. The molecular formula is C16H22ClNO4. The molecule has 0 saturated heterocycles. The maximum absolute atomic E-state index is 12.1. The summed E-state index contributed by atoms with van der Waals surface area (Å²) in [5.74, 6) is -0.641. The minimum absolute atomic E-state index is 0.0742. The quantitative estimate of drug-likeness (QED) is 0.757. The molecule has 1 amide bonds. The van der Waals surface area contributed by atoms with Crippen LogP contribution < -0.4 is 10.1 Å². The van der Waals surface area contributed by atoms with Crippen LogP contribution in [0.5, 0.6) is 5.75 Å². The fourth-order valence-corrected chi connectivity index (χ4v) is 2.21. The molecule has 0 aliphatic rings. The van der Waals surface area contributed by atoms with E-state index in [2.05, 4.69) is 5.32 Å². The van der Waals surface area contributed by atoms with Crippen LogP contribution in [0.2, 0.25) is 5.02 Å². The molecule has 0 atom stereocenters. The second-order valence-corrected chi connectivity index (χ2v) is 6.39. The van der Waals surface area contributed by atoms with Crippen LogP contribution in [-0.2, 0) is 9.59 Å². The number of carbonyl (C=O) groups is 2. The van der Waals surface area contributed by atoms with Crippen molar-refractivity contribution in [1.29, 1.82) is 0 Å². The van der Waals surface area contributed by atoms with Gasteiger partial charge in [-0.25, -0.2) is 0 Å². The smallest absolute Gasteiger partial charge is 0.303 e. The predicted molar refractivity (Wildman–Crippen MR) is 86.5 cm³/mol. The molecule has 122 valence electrons. The van der Waals surface area contributed by atoms with E-state index in [1.807, 2.05) is 6.92 Å². The van der Waals surface area contributed by atoms with E-state index in [9.17, 15) is 9.59 Å². The molecule has 0 heterocycles. The van der Waals surface area contributed by atoms with Gasteiger partial charge in [0.15, 0.2) is 0 Å². The molecule has 6 heteroatoms. The number of carbonyl (C=O) groups excluding carboxylic acids is 1. The minimum atomic E-state index is -0.924. The Morgan fingerprint density at radius 2 is 2.00 bits per heavy atom. The Hall–Kier alpha value is -1.75. The van der Waals surface area contributed by atoms with Gasteiger partial charge in [0.05, 0.1) is 18.7 Å². The molecule has 1 rings (SSSR count). The summed E-state index contributed by atoms with van der Waals surface area (Å²) in [4.78, 5) is 22.9. The van der Waals surface area contributed by atoms with Crippen molar-refractivity contribution < 1.29 is 19.4 Å². The summed E-state index contributed by atoms with van der Waals surface area (Å²) in [6.45, 7) is 6.01. The highest BCUT2D eigenvalue weighted by Gasteiger charge is 2.25. The van der Waals surface area contributed by atoms with Crippen molar-refractivity contribution >= 4 is 29.2 Å². The van der Waals surface area contributed by atoms with Crippen molar-refractivity contribution in [2.45, 2.75) is 40.0 Å². The van der Waals surface area contributed by atoms with Crippen molar-refractivity contribution in [2.75, 3.05) is 11.9 Å². The van der Waals surface area contributed by atoms with Gasteiger partial charge in [-0.05, 0) is 30.0 Å². The molecule has 0 aromatic heterocycles. The van der Waals surface area contributed by atoms with E-state index in [1.165, 1.54) is 0 Å². The Kier molecular flexibility index (Phi) is 6.68. The SMILES string of the molecule is CCCOc1ccc(Cl)cc1NC(=O)CC(C)(C)CC(=O)O. The van der Waals surface area contributed by atoms with Gasteiger partial charge in [-0.15, -0.1) is 0 Å². The lowest BCUT2D eigenvalue weighted by atomic mass is 9.85. The van der Waals surface area contributed by atoms with Gasteiger partial charge in [0.25, 0.3) is 0 Å². The number of rotatable bonds is 8. The number of nitrogens with one attached hydrogen (secondary N) is 1. The summed E-state index contributed by atoms with van der Waals surface area (Å²) in [5.41, 5.74) is -0.129. The number of carboxylic acid groups (broad SMARTS) is 1. The first-order valence-electron chi connectivity index (χ1n) is 7.17. The Morgan fingerprint density at radius 3 is 2.59 bits per heavy atom. The highest BCUT2D eigenvalue weighted by Crippen LogP contribution is 2.30. The summed E-state index contributed by atoms with van der Waals surface area (Å²) in [6, 6.07) is 5.02. The third kappa shape index (κ3) is 6.35. The number of aliphatic carboxylic acids is 1. The van der Waals surface area contributed by atoms with E-state index in [-0.39, 0.29) is 18.7 Å². The van der Waals surface area contributed by atoms with Crippen LogP contribution in [0.15, 0.2) is 18.2 Å². The molecule has 5 nitrogen and oxygen atoms in total. The van der Waals surface area contributed by atoms with Crippen molar-refractivity contribution in [3.8, 4) is 5.75 Å². The third-order valence-corrected chi connectivity index (χ3v) is 3.18. The van der Waals surface area contributed by atoms with E-state index in [1.54, 1.807) is 32.0 Å². The molecular weight excluding hydrogens is 306 g/mol. The highest BCUT2D eigenvalue weighted by molar-refractivity contribution is 6.31. The van der Waals surface area contributed by atoms with Gasteiger partial charge in [-0.1, -0.05) is 32.4 Å². The molecule has 2 N–H and O–H groups in total. The normalized spacial score (nSPS) is 11.1. The molecule has 0 fully saturated rings. The molecule has 0 unspecified atom stereocenters. The Morgan fingerprint density at radius 1 is 1.32 bits per heavy atom. The van der Waals surface area contributed by atoms with Crippen molar-refractivity contribution in [2.24, 2.45) is 5.41 Å². The number of anilines is 1. The third-order valence-electron chi connectivity index (χ3n) is 2.95. The van der Waals surface area contributed by atoms with Crippen LogP contribution >= 0.6 is 11.6 Å². The van der Waals surface area contributed by atoms with E-state index in [4.69, 9.17) is 21.4 Å². The zero-order valence-corrected chi connectivity index (χ0v) is 13.9. The molecule has 0 saturated carbocycles. The number of carboxylic acids is 1. The average molecular weight is 328 g/mol. The minimum Gasteiger partial charge on any atom is -0.491 e. The number of amides is 1. The molecule has 0 aliphatic carbocycles. The maximum Gasteiger partial charge on any atom is 0.303 e. The van der Waals surface area contributed by atoms with E-state index in [0.717, 1.165) is 6.42 Å². The van der Waals surface area contributed by atoms with Crippen molar-refractivity contribution in [3.63, 3.8) is 0 Å². The first-order valence-corrected chi connectivity index (χ1v) is 7.55. The molecule has 0 radical (unpaired) electrons. The van der Waals surface area contributed by atoms with E-state index < -0.39 is 11.4 Å². The molecule has 1 aromatic rings. The van der Waals surface area contributed by atoms with Crippen LogP contribution in [0.1, 0.15) is 40.0 Å². The first-order chi connectivity index (χ1) is 10.2. The predicted octanol–water partition coefficient (Wildman–Crippen LogP) is 3.96. The van der Waals surface area contributed by atoms with Crippen molar-refractivity contribution in [3.05, 3.63) is 23.2 Å². The van der Waals surface area contributed by atoms with Crippen LogP contribution in [0.4, 0.5) is 5.69 Å².